The Morgan fingerprint density at radius 3 is 2.55 bits per heavy atom. The number of anilines is 1. The summed E-state index contributed by atoms with van der Waals surface area (Å²) in [5.41, 5.74) is 6.45. The minimum atomic E-state index is -0.771. The first kappa shape index (κ1) is 15.5. The molecule has 0 saturated heterocycles. The van der Waals surface area contributed by atoms with Crippen molar-refractivity contribution in [3.05, 3.63) is 65.5 Å². The van der Waals surface area contributed by atoms with Gasteiger partial charge in [-0.1, -0.05) is 30.3 Å². The molecular formula is C16H15FN2O3. The molecule has 0 radical (unpaired) electrons. The van der Waals surface area contributed by atoms with Crippen molar-refractivity contribution >= 4 is 17.6 Å². The number of nitrogens with two attached hydrogens (primary N) is 1. The number of amides is 1. The molecular weight excluding hydrogens is 287 g/mol. The minimum Gasteiger partial charge on any atom is -0.452 e. The van der Waals surface area contributed by atoms with Gasteiger partial charge in [0.25, 0.3) is 5.91 Å². The second-order valence-corrected chi connectivity index (χ2v) is 4.57. The molecule has 2 aromatic rings. The number of benzene rings is 2. The molecule has 22 heavy (non-hydrogen) atoms. The van der Waals surface area contributed by atoms with Crippen molar-refractivity contribution in [3.8, 4) is 0 Å². The van der Waals surface area contributed by atoms with Gasteiger partial charge in [-0.25, -0.2) is 9.18 Å². The number of hydrogen-bond acceptors (Lipinski definition) is 4. The molecule has 0 heterocycles. The quantitative estimate of drug-likeness (QED) is 0.652. The lowest BCUT2D eigenvalue weighted by molar-refractivity contribution is -0.124. The Morgan fingerprint density at radius 2 is 1.86 bits per heavy atom. The molecule has 6 heteroatoms. The van der Waals surface area contributed by atoms with Crippen molar-refractivity contribution in [3.63, 3.8) is 0 Å². The van der Waals surface area contributed by atoms with E-state index in [0.717, 1.165) is 17.7 Å². The lowest BCUT2D eigenvalue weighted by Gasteiger charge is -2.08. The second kappa shape index (κ2) is 7.21. The molecule has 0 aromatic heterocycles. The van der Waals surface area contributed by atoms with E-state index >= 15 is 0 Å². The van der Waals surface area contributed by atoms with Crippen molar-refractivity contribution in [2.45, 2.75) is 6.54 Å². The summed E-state index contributed by atoms with van der Waals surface area (Å²) in [6.07, 6.45) is 0. The summed E-state index contributed by atoms with van der Waals surface area (Å²) in [6.45, 7) is -0.0849. The molecule has 114 valence electrons. The molecule has 0 fully saturated rings. The van der Waals surface area contributed by atoms with Gasteiger partial charge in [-0.15, -0.1) is 0 Å². The number of ether oxygens (including phenoxy) is 1. The zero-order valence-corrected chi connectivity index (χ0v) is 11.7. The van der Waals surface area contributed by atoms with Crippen molar-refractivity contribution in [2.24, 2.45) is 0 Å². The predicted molar refractivity (Wildman–Crippen MR) is 79.4 cm³/mol. The molecule has 0 aliphatic carbocycles. The summed E-state index contributed by atoms with van der Waals surface area (Å²) >= 11 is 0. The van der Waals surface area contributed by atoms with Gasteiger partial charge in [-0.3, -0.25) is 4.79 Å². The van der Waals surface area contributed by atoms with E-state index in [1.165, 1.54) is 6.07 Å². The molecule has 0 bridgehead atoms. The average Bonchev–Trinajstić information content (AvgIpc) is 2.51. The van der Waals surface area contributed by atoms with Crippen LogP contribution in [-0.2, 0) is 16.1 Å². The molecule has 0 atom stereocenters. The number of carbonyl (C=O) groups is 2. The number of nitrogens with one attached hydrogen (secondary N) is 1. The van der Waals surface area contributed by atoms with Gasteiger partial charge in [0.2, 0.25) is 0 Å². The second-order valence-electron chi connectivity index (χ2n) is 4.57. The SMILES string of the molecule is Nc1cc(F)ccc1C(=O)OCC(=O)NCc1ccccc1. The summed E-state index contributed by atoms with van der Waals surface area (Å²) in [7, 11) is 0. The Hall–Kier alpha value is -2.89. The van der Waals surface area contributed by atoms with Gasteiger partial charge in [-0.05, 0) is 23.8 Å². The van der Waals surface area contributed by atoms with Crippen LogP contribution in [-0.4, -0.2) is 18.5 Å². The van der Waals surface area contributed by atoms with Crippen LogP contribution >= 0.6 is 0 Å². The topological polar surface area (TPSA) is 81.4 Å². The first-order valence-electron chi connectivity index (χ1n) is 6.59. The molecule has 5 nitrogen and oxygen atoms in total. The Morgan fingerprint density at radius 1 is 1.14 bits per heavy atom. The van der Waals surface area contributed by atoms with Gasteiger partial charge in [0.15, 0.2) is 6.61 Å². The van der Waals surface area contributed by atoms with Gasteiger partial charge in [0.1, 0.15) is 5.82 Å². The number of hydrogen-bond donors (Lipinski definition) is 2. The van der Waals surface area contributed by atoms with E-state index in [4.69, 9.17) is 10.5 Å². The predicted octanol–water partition coefficient (Wildman–Crippen LogP) is 1.88. The zero-order chi connectivity index (χ0) is 15.9. The molecule has 2 rings (SSSR count). The van der Waals surface area contributed by atoms with E-state index in [9.17, 15) is 14.0 Å². The van der Waals surface area contributed by atoms with Crippen LogP contribution in [0, 0.1) is 5.82 Å². The maximum atomic E-state index is 12.9. The smallest absolute Gasteiger partial charge is 0.340 e. The standard InChI is InChI=1S/C16H15FN2O3/c17-12-6-7-13(14(18)8-12)16(21)22-10-15(20)19-9-11-4-2-1-3-5-11/h1-8H,9-10,18H2,(H,19,20). The van der Waals surface area contributed by atoms with Crippen LogP contribution in [0.2, 0.25) is 0 Å². The van der Waals surface area contributed by atoms with Crippen molar-refractivity contribution in [1.29, 1.82) is 0 Å². The van der Waals surface area contributed by atoms with Crippen molar-refractivity contribution in [2.75, 3.05) is 12.3 Å². The van der Waals surface area contributed by atoms with E-state index in [-0.39, 0.29) is 11.3 Å². The third kappa shape index (κ3) is 4.31. The number of carbonyl (C=O) groups excluding carboxylic acids is 2. The van der Waals surface area contributed by atoms with E-state index in [1.54, 1.807) is 0 Å². The first-order chi connectivity index (χ1) is 10.6. The van der Waals surface area contributed by atoms with Crippen molar-refractivity contribution < 1.29 is 18.7 Å². The lowest BCUT2D eigenvalue weighted by atomic mass is 10.2. The largest absolute Gasteiger partial charge is 0.452 e. The fourth-order valence-electron chi connectivity index (χ4n) is 1.78. The number of esters is 1. The highest BCUT2D eigenvalue weighted by molar-refractivity contribution is 5.96. The van der Waals surface area contributed by atoms with Crippen LogP contribution in [0.4, 0.5) is 10.1 Å². The molecule has 0 saturated carbocycles. The molecule has 0 aliphatic rings. The lowest BCUT2D eigenvalue weighted by Crippen LogP contribution is -2.28. The maximum absolute atomic E-state index is 12.9. The Kier molecular flexibility index (Phi) is 5.08. The van der Waals surface area contributed by atoms with Crippen LogP contribution in [0.5, 0.6) is 0 Å². The van der Waals surface area contributed by atoms with Gasteiger partial charge in [0, 0.05) is 12.2 Å². The highest BCUT2D eigenvalue weighted by atomic mass is 19.1. The summed E-state index contributed by atoms with van der Waals surface area (Å²) in [5.74, 6) is -1.75. The molecule has 1 amide bonds. The molecule has 0 unspecified atom stereocenters. The minimum absolute atomic E-state index is 0.0252. The van der Waals surface area contributed by atoms with Crippen LogP contribution in [0.3, 0.4) is 0 Å². The molecule has 2 aromatic carbocycles. The fraction of sp³-hybridized carbons (Fsp3) is 0.125. The summed E-state index contributed by atoms with van der Waals surface area (Å²) in [4.78, 5) is 23.4. The summed E-state index contributed by atoms with van der Waals surface area (Å²) in [6, 6.07) is 12.7. The van der Waals surface area contributed by atoms with E-state index in [1.807, 2.05) is 30.3 Å². The van der Waals surface area contributed by atoms with Gasteiger partial charge in [-0.2, -0.15) is 0 Å². The first-order valence-corrected chi connectivity index (χ1v) is 6.59. The summed E-state index contributed by atoms with van der Waals surface area (Å²) < 4.78 is 17.7. The van der Waals surface area contributed by atoms with Crippen molar-refractivity contribution in [1.82, 2.24) is 5.32 Å². The van der Waals surface area contributed by atoms with Gasteiger partial charge in [0.05, 0.1) is 5.56 Å². The third-order valence-corrected chi connectivity index (χ3v) is 2.90. The average molecular weight is 302 g/mol. The highest BCUT2D eigenvalue weighted by Gasteiger charge is 2.13. The zero-order valence-electron chi connectivity index (χ0n) is 11.7. The summed E-state index contributed by atoms with van der Waals surface area (Å²) in [5, 5.41) is 2.62. The van der Waals surface area contributed by atoms with Crippen LogP contribution in [0.25, 0.3) is 0 Å². The Bertz CT molecular complexity index is 674. The van der Waals surface area contributed by atoms with Crippen LogP contribution in [0.1, 0.15) is 15.9 Å². The normalized spacial score (nSPS) is 10.0. The Balaban J connectivity index is 1.82. The monoisotopic (exact) mass is 302 g/mol. The highest BCUT2D eigenvalue weighted by Crippen LogP contribution is 2.14. The number of rotatable bonds is 5. The maximum Gasteiger partial charge on any atom is 0.340 e. The van der Waals surface area contributed by atoms with Gasteiger partial charge < -0.3 is 15.8 Å². The molecule has 3 N–H and O–H groups in total. The number of nitrogen functional groups attached to an aromatic ring is 1. The van der Waals surface area contributed by atoms with Crippen LogP contribution in [0.15, 0.2) is 48.5 Å². The Labute approximate surface area is 126 Å². The third-order valence-electron chi connectivity index (χ3n) is 2.90. The van der Waals surface area contributed by atoms with Crippen LogP contribution < -0.4 is 11.1 Å². The van der Waals surface area contributed by atoms with Gasteiger partial charge >= 0.3 is 5.97 Å². The van der Waals surface area contributed by atoms with E-state index in [2.05, 4.69) is 5.32 Å². The fourth-order valence-corrected chi connectivity index (χ4v) is 1.78. The molecule has 0 spiro atoms. The number of halogens is 1. The van der Waals surface area contributed by atoms with E-state index < -0.39 is 24.3 Å². The van der Waals surface area contributed by atoms with E-state index in [0.29, 0.717) is 6.54 Å². The molecule has 0 aliphatic heterocycles.